The lowest BCUT2D eigenvalue weighted by molar-refractivity contribution is 0.181. The van der Waals surface area contributed by atoms with E-state index >= 15 is 0 Å². The maximum Gasteiger partial charge on any atom is 0.172 e. The molecule has 108 valence electrons. The van der Waals surface area contributed by atoms with Crippen LogP contribution in [0.1, 0.15) is 19.0 Å². The van der Waals surface area contributed by atoms with E-state index in [4.69, 9.17) is 16.3 Å². The lowest BCUT2D eigenvalue weighted by Crippen LogP contribution is -2.05. The zero-order valence-electron chi connectivity index (χ0n) is 11.2. The Kier molecular flexibility index (Phi) is 5.77. The third kappa shape index (κ3) is 3.91. The Morgan fingerprint density at radius 2 is 2.20 bits per heavy atom. The number of halogens is 2. The topological polar surface area (TPSA) is 47.0 Å². The first-order chi connectivity index (χ1) is 9.63. The molecule has 0 fully saturated rings. The van der Waals surface area contributed by atoms with Crippen LogP contribution in [0.15, 0.2) is 16.6 Å². The van der Waals surface area contributed by atoms with Gasteiger partial charge in [-0.2, -0.15) is 0 Å². The number of aromatic nitrogens is 2. The summed E-state index contributed by atoms with van der Waals surface area (Å²) in [6, 6.07) is 3.84. The Balaban J connectivity index is 2.37. The molecule has 2 heterocycles. The van der Waals surface area contributed by atoms with Crippen molar-refractivity contribution < 1.29 is 4.74 Å². The zero-order chi connectivity index (χ0) is 14.5. The van der Waals surface area contributed by atoms with Crippen molar-refractivity contribution in [3.63, 3.8) is 0 Å². The number of anilines is 1. The maximum atomic E-state index is 6.08. The molecule has 0 aliphatic rings. The van der Waals surface area contributed by atoms with Crippen molar-refractivity contribution in [2.24, 2.45) is 0 Å². The Labute approximate surface area is 135 Å². The number of nitrogens with one attached hydrogen (secondary N) is 1. The van der Waals surface area contributed by atoms with Crippen LogP contribution in [0.4, 0.5) is 5.82 Å². The van der Waals surface area contributed by atoms with Gasteiger partial charge in [-0.3, -0.25) is 0 Å². The van der Waals surface area contributed by atoms with E-state index < -0.39 is 0 Å². The van der Waals surface area contributed by atoms with E-state index in [2.05, 4.69) is 38.1 Å². The first-order valence-corrected chi connectivity index (χ1v) is 8.18. The van der Waals surface area contributed by atoms with Crippen molar-refractivity contribution in [3.05, 3.63) is 26.6 Å². The van der Waals surface area contributed by atoms with Crippen molar-refractivity contribution in [2.75, 3.05) is 19.0 Å². The van der Waals surface area contributed by atoms with Gasteiger partial charge in [-0.25, -0.2) is 9.97 Å². The number of ether oxygens (including phenoxy) is 1. The molecule has 0 aliphatic heterocycles. The van der Waals surface area contributed by atoms with Gasteiger partial charge in [0.1, 0.15) is 10.2 Å². The number of methoxy groups -OCH3 is 1. The highest BCUT2D eigenvalue weighted by Crippen LogP contribution is 2.37. The number of hydrogen-bond donors (Lipinski definition) is 1. The molecule has 2 rings (SSSR count). The Morgan fingerprint density at radius 3 is 2.80 bits per heavy atom. The van der Waals surface area contributed by atoms with Crippen LogP contribution in [0.3, 0.4) is 0 Å². The standard InChI is InChI=1S/C13H15BrClN3OS/c1-3-4-16-11-5-8(7-19-2)17-13(18-11)10-6-9(14)12(15)20-10/h5-6H,3-4,7H2,1-2H3,(H,16,17,18). The fourth-order valence-electron chi connectivity index (χ4n) is 1.63. The van der Waals surface area contributed by atoms with Crippen LogP contribution in [0.25, 0.3) is 10.7 Å². The number of thiophene rings is 1. The summed E-state index contributed by atoms with van der Waals surface area (Å²) in [6.45, 7) is 3.44. The second-order valence-corrected chi connectivity index (χ2v) is 6.67. The largest absolute Gasteiger partial charge is 0.378 e. The Morgan fingerprint density at radius 1 is 1.40 bits per heavy atom. The molecule has 7 heteroatoms. The fraction of sp³-hybridized carbons (Fsp3) is 0.385. The van der Waals surface area contributed by atoms with Crippen LogP contribution in [0.2, 0.25) is 4.34 Å². The van der Waals surface area contributed by atoms with Crippen LogP contribution in [0, 0.1) is 0 Å². The summed E-state index contributed by atoms with van der Waals surface area (Å²) < 4.78 is 6.72. The summed E-state index contributed by atoms with van der Waals surface area (Å²) >= 11 is 10.9. The molecule has 0 radical (unpaired) electrons. The molecule has 1 N–H and O–H groups in total. The van der Waals surface area contributed by atoms with Gasteiger partial charge in [-0.05, 0) is 28.4 Å². The lowest BCUT2D eigenvalue weighted by atomic mass is 10.3. The Hall–Kier alpha value is -0.690. The van der Waals surface area contributed by atoms with Gasteiger partial charge in [0.2, 0.25) is 0 Å². The van der Waals surface area contributed by atoms with Crippen LogP contribution < -0.4 is 5.32 Å². The highest BCUT2D eigenvalue weighted by atomic mass is 79.9. The summed E-state index contributed by atoms with van der Waals surface area (Å²) in [5, 5.41) is 3.28. The number of nitrogens with zero attached hydrogens (tertiary/aromatic N) is 2. The fourth-order valence-corrected chi connectivity index (χ4v) is 3.27. The molecule has 0 bridgehead atoms. The third-order valence-corrected chi connectivity index (χ3v) is 4.96. The first kappa shape index (κ1) is 15.7. The van der Waals surface area contributed by atoms with Crippen molar-refractivity contribution >= 4 is 44.7 Å². The van der Waals surface area contributed by atoms with Crippen molar-refractivity contribution in [1.29, 1.82) is 0 Å². The third-order valence-electron chi connectivity index (χ3n) is 2.49. The summed E-state index contributed by atoms with van der Waals surface area (Å²) in [4.78, 5) is 9.97. The van der Waals surface area contributed by atoms with Gasteiger partial charge in [0.05, 0.1) is 17.2 Å². The highest BCUT2D eigenvalue weighted by molar-refractivity contribution is 9.10. The maximum absolute atomic E-state index is 6.08. The summed E-state index contributed by atoms with van der Waals surface area (Å²) in [5.74, 6) is 1.47. The molecular weight excluding hydrogens is 362 g/mol. The van der Waals surface area contributed by atoms with Gasteiger partial charge in [0.15, 0.2) is 5.82 Å². The molecule has 0 aromatic carbocycles. The zero-order valence-corrected chi connectivity index (χ0v) is 14.4. The molecule has 4 nitrogen and oxygen atoms in total. The molecular formula is C13H15BrClN3OS. The van der Waals surface area contributed by atoms with Crippen LogP contribution in [0.5, 0.6) is 0 Å². The minimum atomic E-state index is 0.455. The molecule has 0 saturated heterocycles. The quantitative estimate of drug-likeness (QED) is 0.801. The van der Waals surface area contributed by atoms with Crippen molar-refractivity contribution in [2.45, 2.75) is 20.0 Å². The molecule has 0 atom stereocenters. The molecule has 0 spiro atoms. The minimum absolute atomic E-state index is 0.455. The number of hydrogen-bond acceptors (Lipinski definition) is 5. The smallest absolute Gasteiger partial charge is 0.172 e. The second kappa shape index (κ2) is 7.36. The van der Waals surface area contributed by atoms with E-state index in [1.54, 1.807) is 7.11 Å². The van der Waals surface area contributed by atoms with Crippen molar-refractivity contribution in [1.82, 2.24) is 9.97 Å². The van der Waals surface area contributed by atoms with E-state index in [-0.39, 0.29) is 0 Å². The molecule has 0 aliphatic carbocycles. The van der Waals surface area contributed by atoms with Crippen LogP contribution in [-0.2, 0) is 11.3 Å². The predicted octanol–water partition coefficient (Wildman–Crippen LogP) is 4.59. The minimum Gasteiger partial charge on any atom is -0.378 e. The summed E-state index contributed by atoms with van der Waals surface area (Å²) in [7, 11) is 1.65. The van der Waals surface area contributed by atoms with Gasteiger partial charge >= 0.3 is 0 Å². The molecule has 2 aromatic rings. The van der Waals surface area contributed by atoms with E-state index in [9.17, 15) is 0 Å². The van der Waals surface area contributed by atoms with Crippen LogP contribution >= 0.6 is 38.9 Å². The van der Waals surface area contributed by atoms with E-state index in [0.717, 1.165) is 33.8 Å². The van der Waals surface area contributed by atoms with Gasteiger partial charge in [-0.1, -0.05) is 18.5 Å². The monoisotopic (exact) mass is 375 g/mol. The SMILES string of the molecule is CCCNc1cc(COC)nc(-c2cc(Br)c(Cl)s2)n1. The molecule has 0 unspecified atom stereocenters. The van der Waals surface area contributed by atoms with E-state index in [0.29, 0.717) is 16.8 Å². The normalized spacial score (nSPS) is 10.8. The van der Waals surface area contributed by atoms with Crippen LogP contribution in [-0.4, -0.2) is 23.6 Å². The van der Waals surface area contributed by atoms with Gasteiger partial charge < -0.3 is 10.1 Å². The van der Waals surface area contributed by atoms with Gasteiger partial charge in [0, 0.05) is 24.2 Å². The average Bonchev–Trinajstić information content (AvgIpc) is 2.77. The average molecular weight is 377 g/mol. The molecule has 0 saturated carbocycles. The van der Waals surface area contributed by atoms with E-state index in [1.807, 2.05) is 12.1 Å². The molecule has 20 heavy (non-hydrogen) atoms. The second-order valence-electron chi connectivity index (χ2n) is 4.16. The molecule has 2 aromatic heterocycles. The number of rotatable bonds is 6. The highest BCUT2D eigenvalue weighted by Gasteiger charge is 2.12. The first-order valence-electron chi connectivity index (χ1n) is 6.20. The van der Waals surface area contributed by atoms with Gasteiger partial charge in [-0.15, -0.1) is 11.3 Å². The Bertz CT molecular complexity index is 571. The molecule has 0 amide bonds. The lowest BCUT2D eigenvalue weighted by Gasteiger charge is -2.08. The van der Waals surface area contributed by atoms with E-state index in [1.165, 1.54) is 11.3 Å². The predicted molar refractivity (Wildman–Crippen MR) is 87.5 cm³/mol. The summed E-state index contributed by atoms with van der Waals surface area (Å²) in [6.07, 6.45) is 1.04. The summed E-state index contributed by atoms with van der Waals surface area (Å²) in [5.41, 5.74) is 0.844. The van der Waals surface area contributed by atoms with Crippen molar-refractivity contribution in [3.8, 4) is 10.7 Å². The van der Waals surface area contributed by atoms with Gasteiger partial charge in [0.25, 0.3) is 0 Å².